The van der Waals surface area contributed by atoms with Gasteiger partial charge in [0.2, 0.25) is 5.82 Å². The number of anilines is 1. The highest BCUT2D eigenvalue weighted by Crippen LogP contribution is 2.25. The van der Waals surface area contributed by atoms with Gasteiger partial charge < -0.3 is 10.4 Å². The maximum atomic E-state index is 10.8. The maximum absolute atomic E-state index is 10.8. The smallest absolute Gasteiger partial charge is 0.354 e. The highest BCUT2D eigenvalue weighted by Gasteiger charge is 2.23. The topological polar surface area (TPSA) is 105 Å². The first-order valence-electron chi connectivity index (χ1n) is 4.91. The SMILES string of the molecule is C#CC(C)(C)Nc1nc(C(=O)O)ccc1[N+](=O)[O-]. The van der Waals surface area contributed by atoms with Gasteiger partial charge in [-0.3, -0.25) is 10.1 Å². The zero-order valence-electron chi connectivity index (χ0n) is 9.80. The molecular formula is C11H11N3O4. The van der Waals surface area contributed by atoms with Crippen molar-refractivity contribution in [3.63, 3.8) is 0 Å². The second kappa shape index (κ2) is 4.71. The van der Waals surface area contributed by atoms with Crippen LogP contribution in [0, 0.1) is 22.5 Å². The van der Waals surface area contributed by atoms with Gasteiger partial charge in [0.25, 0.3) is 0 Å². The molecule has 0 saturated heterocycles. The minimum Gasteiger partial charge on any atom is -0.477 e. The van der Waals surface area contributed by atoms with E-state index < -0.39 is 16.4 Å². The largest absolute Gasteiger partial charge is 0.477 e. The van der Waals surface area contributed by atoms with Crippen LogP contribution < -0.4 is 5.32 Å². The Kier molecular flexibility index (Phi) is 3.52. The summed E-state index contributed by atoms with van der Waals surface area (Å²) in [5.41, 5.74) is -1.51. The van der Waals surface area contributed by atoms with Crippen LogP contribution in [0.4, 0.5) is 11.5 Å². The molecule has 0 unspecified atom stereocenters. The van der Waals surface area contributed by atoms with E-state index in [-0.39, 0.29) is 17.2 Å². The fourth-order valence-electron chi connectivity index (χ4n) is 1.14. The minimum absolute atomic E-state index is 0.164. The van der Waals surface area contributed by atoms with Gasteiger partial charge in [0.05, 0.1) is 10.5 Å². The van der Waals surface area contributed by atoms with Gasteiger partial charge in [-0.05, 0) is 19.9 Å². The summed E-state index contributed by atoms with van der Waals surface area (Å²) in [5.74, 6) is 0.948. The van der Waals surface area contributed by atoms with Crippen LogP contribution in [-0.2, 0) is 0 Å². The van der Waals surface area contributed by atoms with Gasteiger partial charge in [-0.1, -0.05) is 5.92 Å². The Morgan fingerprint density at radius 2 is 2.22 bits per heavy atom. The molecular weight excluding hydrogens is 238 g/mol. The van der Waals surface area contributed by atoms with E-state index in [2.05, 4.69) is 16.2 Å². The molecule has 0 saturated carbocycles. The summed E-state index contributed by atoms with van der Waals surface area (Å²) in [6.07, 6.45) is 5.25. The molecule has 18 heavy (non-hydrogen) atoms. The average Bonchev–Trinajstić information content (AvgIpc) is 2.28. The average molecular weight is 249 g/mol. The summed E-state index contributed by atoms with van der Waals surface area (Å²) in [5, 5.41) is 22.3. The summed E-state index contributed by atoms with van der Waals surface area (Å²) in [4.78, 5) is 24.6. The van der Waals surface area contributed by atoms with Gasteiger partial charge >= 0.3 is 11.7 Å². The molecule has 1 heterocycles. The molecule has 0 amide bonds. The number of nitrogens with one attached hydrogen (secondary N) is 1. The molecule has 0 aliphatic rings. The van der Waals surface area contributed by atoms with E-state index in [1.54, 1.807) is 13.8 Å². The Balaban J connectivity index is 3.29. The first-order valence-corrected chi connectivity index (χ1v) is 4.91. The van der Waals surface area contributed by atoms with E-state index >= 15 is 0 Å². The Morgan fingerprint density at radius 3 is 2.67 bits per heavy atom. The van der Waals surface area contributed by atoms with Crippen molar-refractivity contribution in [2.45, 2.75) is 19.4 Å². The fourth-order valence-corrected chi connectivity index (χ4v) is 1.14. The Labute approximate surface area is 103 Å². The Morgan fingerprint density at radius 1 is 1.61 bits per heavy atom. The van der Waals surface area contributed by atoms with Gasteiger partial charge in [0.1, 0.15) is 0 Å². The van der Waals surface area contributed by atoms with Crippen molar-refractivity contribution >= 4 is 17.5 Å². The monoisotopic (exact) mass is 249 g/mol. The van der Waals surface area contributed by atoms with Crippen LogP contribution in [0.2, 0.25) is 0 Å². The van der Waals surface area contributed by atoms with Gasteiger partial charge in [-0.25, -0.2) is 9.78 Å². The van der Waals surface area contributed by atoms with Crippen LogP contribution in [0.1, 0.15) is 24.3 Å². The van der Waals surface area contributed by atoms with Crippen LogP contribution in [0.25, 0.3) is 0 Å². The van der Waals surface area contributed by atoms with E-state index in [1.807, 2.05) is 0 Å². The summed E-state index contributed by atoms with van der Waals surface area (Å²) >= 11 is 0. The standard InChI is InChI=1S/C11H11N3O4/c1-4-11(2,3)13-9-8(14(17)18)6-5-7(12-9)10(15)16/h1,5-6H,2-3H3,(H,12,13)(H,15,16). The van der Waals surface area contributed by atoms with Crippen LogP contribution in [0.15, 0.2) is 12.1 Å². The summed E-state index contributed by atoms with van der Waals surface area (Å²) in [6.45, 7) is 3.23. The lowest BCUT2D eigenvalue weighted by Crippen LogP contribution is -2.29. The van der Waals surface area contributed by atoms with Crippen LogP contribution in [0.5, 0.6) is 0 Å². The second-order valence-corrected chi connectivity index (χ2v) is 4.02. The number of terminal acetylenes is 1. The number of aromatic carboxylic acids is 1. The zero-order valence-corrected chi connectivity index (χ0v) is 9.80. The van der Waals surface area contributed by atoms with Crippen molar-refractivity contribution in [2.24, 2.45) is 0 Å². The molecule has 7 nitrogen and oxygen atoms in total. The van der Waals surface area contributed by atoms with E-state index in [9.17, 15) is 14.9 Å². The number of pyridine rings is 1. The molecule has 0 spiro atoms. The third-order valence-electron chi connectivity index (χ3n) is 2.08. The predicted octanol–water partition coefficient (Wildman–Crippen LogP) is 1.51. The third kappa shape index (κ3) is 2.95. The van der Waals surface area contributed by atoms with Crippen molar-refractivity contribution in [2.75, 3.05) is 5.32 Å². The number of nitrogens with zero attached hydrogens (tertiary/aromatic N) is 2. The molecule has 1 aromatic rings. The molecule has 7 heteroatoms. The number of nitro groups is 1. The molecule has 0 radical (unpaired) electrons. The highest BCUT2D eigenvalue weighted by atomic mass is 16.6. The van der Waals surface area contributed by atoms with Gasteiger partial charge in [0.15, 0.2) is 5.69 Å². The maximum Gasteiger partial charge on any atom is 0.354 e. The lowest BCUT2D eigenvalue weighted by atomic mass is 10.1. The number of hydrogen-bond acceptors (Lipinski definition) is 5. The Hall–Kier alpha value is -2.62. The molecule has 0 aromatic carbocycles. The zero-order chi connectivity index (χ0) is 13.9. The van der Waals surface area contributed by atoms with Crippen molar-refractivity contribution in [1.82, 2.24) is 4.98 Å². The molecule has 0 aliphatic heterocycles. The molecule has 1 rings (SSSR count). The molecule has 94 valence electrons. The van der Waals surface area contributed by atoms with Crippen molar-refractivity contribution in [3.05, 3.63) is 27.9 Å². The molecule has 0 bridgehead atoms. The third-order valence-corrected chi connectivity index (χ3v) is 2.08. The van der Waals surface area contributed by atoms with Crippen molar-refractivity contribution in [3.8, 4) is 12.3 Å². The van der Waals surface area contributed by atoms with E-state index in [0.717, 1.165) is 12.1 Å². The second-order valence-electron chi connectivity index (χ2n) is 4.02. The van der Waals surface area contributed by atoms with Crippen LogP contribution in [-0.4, -0.2) is 26.5 Å². The number of aromatic nitrogens is 1. The summed E-state index contributed by atoms with van der Waals surface area (Å²) in [6, 6.07) is 2.14. The predicted molar refractivity (Wildman–Crippen MR) is 64.4 cm³/mol. The summed E-state index contributed by atoms with van der Waals surface area (Å²) in [7, 11) is 0. The van der Waals surface area contributed by atoms with Gasteiger partial charge in [-0.15, -0.1) is 6.42 Å². The van der Waals surface area contributed by atoms with Crippen molar-refractivity contribution in [1.29, 1.82) is 0 Å². The minimum atomic E-state index is -1.27. The lowest BCUT2D eigenvalue weighted by Gasteiger charge is -2.20. The summed E-state index contributed by atoms with van der Waals surface area (Å²) < 4.78 is 0. The number of carboxylic acid groups (broad SMARTS) is 1. The lowest BCUT2D eigenvalue weighted by molar-refractivity contribution is -0.384. The molecule has 0 aliphatic carbocycles. The normalized spacial score (nSPS) is 10.5. The molecule has 0 fully saturated rings. The van der Waals surface area contributed by atoms with Crippen LogP contribution in [0.3, 0.4) is 0 Å². The highest BCUT2D eigenvalue weighted by molar-refractivity contribution is 5.86. The van der Waals surface area contributed by atoms with E-state index in [1.165, 1.54) is 0 Å². The first kappa shape index (κ1) is 13.4. The molecule has 0 atom stereocenters. The van der Waals surface area contributed by atoms with E-state index in [4.69, 9.17) is 11.5 Å². The van der Waals surface area contributed by atoms with Crippen LogP contribution >= 0.6 is 0 Å². The van der Waals surface area contributed by atoms with Gasteiger partial charge in [0, 0.05) is 6.07 Å². The number of carboxylic acids is 1. The fraction of sp³-hybridized carbons (Fsp3) is 0.273. The van der Waals surface area contributed by atoms with Gasteiger partial charge in [-0.2, -0.15) is 0 Å². The quantitative estimate of drug-likeness (QED) is 0.476. The molecule has 2 N–H and O–H groups in total. The number of hydrogen-bond donors (Lipinski definition) is 2. The number of carbonyl (C=O) groups is 1. The number of rotatable bonds is 4. The Bertz CT molecular complexity index is 546. The van der Waals surface area contributed by atoms with Crippen molar-refractivity contribution < 1.29 is 14.8 Å². The van der Waals surface area contributed by atoms with E-state index in [0.29, 0.717) is 0 Å². The first-order chi connectivity index (χ1) is 8.26. The molecule has 1 aromatic heterocycles.